The van der Waals surface area contributed by atoms with Crippen molar-refractivity contribution in [2.45, 2.75) is 23.8 Å². The normalized spacial score (nSPS) is 15.3. The van der Waals surface area contributed by atoms with E-state index < -0.39 is 10.0 Å². The van der Waals surface area contributed by atoms with E-state index in [0.29, 0.717) is 18.0 Å². The zero-order valence-corrected chi connectivity index (χ0v) is 17.1. The summed E-state index contributed by atoms with van der Waals surface area (Å²) in [4.78, 5) is 12.1. The van der Waals surface area contributed by atoms with Gasteiger partial charge in [-0.05, 0) is 23.8 Å². The fourth-order valence-electron chi connectivity index (χ4n) is 3.05. The largest absolute Gasteiger partial charge is 0.493 e. The number of hydrogen-bond acceptors (Lipinski definition) is 6. The predicted octanol–water partition coefficient (Wildman–Crippen LogP) is 1.49. The molecule has 2 aromatic rings. The lowest BCUT2D eigenvalue weighted by molar-refractivity contribution is -0.121. The number of hydrogen-bond donors (Lipinski definition) is 2. The number of benzene rings is 2. The second-order valence-electron chi connectivity index (χ2n) is 6.52. The molecule has 156 valence electrons. The van der Waals surface area contributed by atoms with Crippen LogP contribution in [0.25, 0.3) is 0 Å². The lowest BCUT2D eigenvalue weighted by Crippen LogP contribution is -2.36. The number of sulfonamides is 1. The molecule has 1 atom stereocenters. The van der Waals surface area contributed by atoms with Crippen LogP contribution in [-0.4, -0.2) is 47.7 Å². The fraction of sp³-hybridized carbons (Fsp3) is 0.350. The van der Waals surface area contributed by atoms with Crippen LogP contribution < -0.4 is 24.2 Å². The van der Waals surface area contributed by atoms with Crippen molar-refractivity contribution in [1.29, 1.82) is 0 Å². The molecule has 1 heterocycles. The highest BCUT2D eigenvalue weighted by Crippen LogP contribution is 2.29. The van der Waals surface area contributed by atoms with Gasteiger partial charge in [0.2, 0.25) is 15.9 Å². The van der Waals surface area contributed by atoms with Gasteiger partial charge in [-0.1, -0.05) is 18.2 Å². The average Bonchev–Trinajstić information content (AvgIpc) is 3.14. The van der Waals surface area contributed by atoms with Crippen LogP contribution in [0.5, 0.6) is 17.2 Å². The number of amides is 1. The molecule has 0 aliphatic carbocycles. The predicted molar refractivity (Wildman–Crippen MR) is 107 cm³/mol. The molecule has 0 bridgehead atoms. The fourth-order valence-corrected chi connectivity index (χ4v) is 4.10. The first-order valence-electron chi connectivity index (χ1n) is 9.16. The summed E-state index contributed by atoms with van der Waals surface area (Å²) in [7, 11) is -0.871. The number of rotatable bonds is 9. The summed E-state index contributed by atoms with van der Waals surface area (Å²) in [6.45, 7) is 0.351. The van der Waals surface area contributed by atoms with Gasteiger partial charge >= 0.3 is 0 Å². The summed E-state index contributed by atoms with van der Waals surface area (Å²) in [5.74, 6) is 1.33. The lowest BCUT2D eigenvalue weighted by atomic mass is 10.1. The van der Waals surface area contributed by atoms with E-state index in [0.717, 1.165) is 17.7 Å². The highest BCUT2D eigenvalue weighted by Gasteiger charge is 2.23. The molecule has 3 rings (SSSR count). The molecule has 8 nitrogen and oxygen atoms in total. The van der Waals surface area contributed by atoms with Crippen molar-refractivity contribution in [1.82, 2.24) is 10.0 Å². The summed E-state index contributed by atoms with van der Waals surface area (Å²) < 4.78 is 43.2. The Morgan fingerprint density at radius 3 is 2.62 bits per heavy atom. The molecule has 2 N–H and O–H groups in total. The molecule has 0 saturated heterocycles. The third kappa shape index (κ3) is 5.18. The molecule has 1 aliphatic rings. The van der Waals surface area contributed by atoms with Gasteiger partial charge in [0.1, 0.15) is 11.9 Å². The quantitative estimate of drug-likeness (QED) is 0.637. The van der Waals surface area contributed by atoms with Gasteiger partial charge in [0, 0.05) is 25.5 Å². The maximum Gasteiger partial charge on any atom is 0.240 e. The second-order valence-corrected chi connectivity index (χ2v) is 8.29. The lowest BCUT2D eigenvalue weighted by Gasteiger charge is -2.13. The van der Waals surface area contributed by atoms with Crippen molar-refractivity contribution in [2.24, 2.45) is 0 Å². The number of methoxy groups -OCH3 is 2. The molecule has 29 heavy (non-hydrogen) atoms. The number of carbonyl (C=O) groups excluding carboxylic acids is 1. The maximum atomic E-state index is 12.4. The van der Waals surface area contributed by atoms with Crippen molar-refractivity contribution in [3.8, 4) is 17.2 Å². The van der Waals surface area contributed by atoms with Gasteiger partial charge in [-0.3, -0.25) is 4.79 Å². The van der Waals surface area contributed by atoms with E-state index >= 15 is 0 Å². The van der Waals surface area contributed by atoms with Crippen molar-refractivity contribution in [2.75, 3.05) is 27.3 Å². The molecule has 2 aromatic carbocycles. The van der Waals surface area contributed by atoms with Crippen LogP contribution in [0.1, 0.15) is 12.0 Å². The average molecular weight is 420 g/mol. The Labute approximate surface area is 170 Å². The van der Waals surface area contributed by atoms with Gasteiger partial charge < -0.3 is 19.5 Å². The summed E-state index contributed by atoms with van der Waals surface area (Å²) in [5, 5.41) is 2.78. The van der Waals surface area contributed by atoms with Gasteiger partial charge in [-0.2, -0.15) is 0 Å². The monoisotopic (exact) mass is 420 g/mol. The number of fused-ring (bicyclic) bond motifs is 1. The summed E-state index contributed by atoms with van der Waals surface area (Å²) in [5.41, 5.74) is 1.12. The molecule has 0 radical (unpaired) electrons. The zero-order chi connectivity index (χ0) is 20.9. The number of para-hydroxylation sites is 1. The third-order valence-electron chi connectivity index (χ3n) is 4.55. The number of carbonyl (C=O) groups is 1. The Balaban J connectivity index is 1.45. The van der Waals surface area contributed by atoms with E-state index in [1.807, 2.05) is 24.3 Å². The summed E-state index contributed by atoms with van der Waals surface area (Å²) >= 11 is 0. The Morgan fingerprint density at radius 2 is 1.90 bits per heavy atom. The van der Waals surface area contributed by atoms with Gasteiger partial charge in [-0.15, -0.1) is 0 Å². The topological polar surface area (TPSA) is 103 Å². The minimum Gasteiger partial charge on any atom is -0.493 e. The van der Waals surface area contributed by atoms with E-state index in [-0.39, 0.29) is 29.9 Å². The molecule has 0 spiro atoms. The molecule has 1 unspecified atom stereocenters. The first kappa shape index (κ1) is 20.9. The highest BCUT2D eigenvalue weighted by molar-refractivity contribution is 7.89. The van der Waals surface area contributed by atoms with E-state index in [9.17, 15) is 13.2 Å². The van der Waals surface area contributed by atoms with Crippen LogP contribution in [0.2, 0.25) is 0 Å². The van der Waals surface area contributed by atoms with Crippen molar-refractivity contribution in [3.05, 3.63) is 48.0 Å². The van der Waals surface area contributed by atoms with E-state index in [2.05, 4.69) is 10.0 Å². The minimum atomic E-state index is -3.77. The Bertz CT molecular complexity index is 952. The van der Waals surface area contributed by atoms with Crippen LogP contribution in [-0.2, 0) is 21.2 Å². The standard InChI is InChI=1S/C20H24N2O6S/c1-26-18-8-7-16(12-19(18)27-2)29(24,25)22-10-9-20(23)21-13-15-11-14-5-3-4-6-17(14)28-15/h3-8,12,15,22H,9-11,13H2,1-2H3,(H,21,23). The number of ether oxygens (including phenoxy) is 3. The zero-order valence-electron chi connectivity index (χ0n) is 16.3. The molecular formula is C20H24N2O6S. The molecular weight excluding hydrogens is 396 g/mol. The first-order chi connectivity index (χ1) is 13.9. The minimum absolute atomic E-state index is 0.0196. The van der Waals surface area contributed by atoms with E-state index in [1.165, 1.54) is 32.4 Å². The third-order valence-corrected chi connectivity index (χ3v) is 6.01. The van der Waals surface area contributed by atoms with Gasteiger partial charge in [-0.25, -0.2) is 13.1 Å². The summed E-state index contributed by atoms with van der Waals surface area (Å²) in [6.07, 6.45) is 0.647. The Hall–Kier alpha value is -2.78. The van der Waals surface area contributed by atoms with Crippen LogP contribution in [0.3, 0.4) is 0 Å². The van der Waals surface area contributed by atoms with Gasteiger partial charge in [0.05, 0.1) is 25.7 Å². The van der Waals surface area contributed by atoms with Gasteiger partial charge in [0.15, 0.2) is 11.5 Å². The van der Waals surface area contributed by atoms with E-state index in [4.69, 9.17) is 14.2 Å². The first-order valence-corrected chi connectivity index (χ1v) is 10.6. The maximum absolute atomic E-state index is 12.4. The smallest absolute Gasteiger partial charge is 0.240 e. The molecule has 1 aliphatic heterocycles. The highest BCUT2D eigenvalue weighted by atomic mass is 32.2. The Kier molecular flexibility index (Phi) is 6.60. The van der Waals surface area contributed by atoms with Crippen LogP contribution in [0.4, 0.5) is 0 Å². The van der Waals surface area contributed by atoms with Crippen LogP contribution >= 0.6 is 0 Å². The van der Waals surface area contributed by atoms with Crippen molar-refractivity contribution >= 4 is 15.9 Å². The summed E-state index contributed by atoms with van der Waals surface area (Å²) in [6, 6.07) is 12.1. The van der Waals surface area contributed by atoms with Crippen LogP contribution in [0.15, 0.2) is 47.4 Å². The molecule has 0 saturated carbocycles. The Morgan fingerprint density at radius 1 is 1.14 bits per heavy atom. The SMILES string of the molecule is COc1ccc(S(=O)(=O)NCCC(=O)NCC2Cc3ccccc3O2)cc1OC. The second kappa shape index (κ2) is 9.15. The number of nitrogens with one attached hydrogen (secondary N) is 2. The molecule has 0 aromatic heterocycles. The van der Waals surface area contributed by atoms with Crippen molar-refractivity contribution < 1.29 is 27.4 Å². The molecule has 0 fully saturated rings. The molecule has 1 amide bonds. The van der Waals surface area contributed by atoms with E-state index in [1.54, 1.807) is 0 Å². The molecule has 9 heteroatoms. The van der Waals surface area contributed by atoms with Crippen LogP contribution in [0, 0.1) is 0 Å². The van der Waals surface area contributed by atoms with Gasteiger partial charge in [0.25, 0.3) is 0 Å². The van der Waals surface area contributed by atoms with Crippen molar-refractivity contribution in [3.63, 3.8) is 0 Å².